The summed E-state index contributed by atoms with van der Waals surface area (Å²) in [6.45, 7) is 5.52. The molecule has 1 aromatic heterocycles. The van der Waals surface area contributed by atoms with Gasteiger partial charge in [-0.2, -0.15) is 0 Å². The Morgan fingerprint density at radius 3 is 2.76 bits per heavy atom. The number of rotatable bonds is 0. The molecule has 0 atom stereocenters. The van der Waals surface area contributed by atoms with E-state index in [1.54, 1.807) is 0 Å². The molecular formula is C12H13IN2O2. The highest BCUT2D eigenvalue weighted by Crippen LogP contribution is 2.18. The van der Waals surface area contributed by atoms with Gasteiger partial charge in [0, 0.05) is 3.57 Å². The minimum Gasteiger partial charge on any atom is -0.443 e. The molecule has 0 aliphatic rings. The van der Waals surface area contributed by atoms with Crippen LogP contribution in [0.15, 0.2) is 24.5 Å². The summed E-state index contributed by atoms with van der Waals surface area (Å²) in [6, 6.07) is 5.73. The minimum absolute atomic E-state index is 0.402. The molecule has 1 heterocycles. The molecule has 17 heavy (non-hydrogen) atoms. The molecule has 4 nitrogen and oxygen atoms in total. The fraction of sp³-hybridized carbons (Fsp3) is 0.333. The number of hydrogen-bond acceptors (Lipinski definition) is 3. The van der Waals surface area contributed by atoms with Gasteiger partial charge >= 0.3 is 6.09 Å². The van der Waals surface area contributed by atoms with E-state index in [-0.39, 0.29) is 0 Å². The Morgan fingerprint density at radius 1 is 1.41 bits per heavy atom. The number of ether oxygens (including phenoxy) is 1. The van der Waals surface area contributed by atoms with E-state index in [2.05, 4.69) is 27.6 Å². The van der Waals surface area contributed by atoms with Crippen molar-refractivity contribution in [3.05, 3.63) is 28.1 Å². The Morgan fingerprint density at radius 2 is 2.12 bits per heavy atom. The van der Waals surface area contributed by atoms with Gasteiger partial charge in [-0.05, 0) is 61.6 Å². The van der Waals surface area contributed by atoms with Crippen molar-refractivity contribution in [2.45, 2.75) is 26.4 Å². The number of fused-ring (bicyclic) bond motifs is 1. The van der Waals surface area contributed by atoms with Crippen molar-refractivity contribution < 1.29 is 9.53 Å². The molecule has 2 rings (SSSR count). The molecule has 0 amide bonds. The molecule has 0 radical (unpaired) electrons. The molecule has 2 aromatic rings. The molecular weight excluding hydrogens is 331 g/mol. The minimum atomic E-state index is -0.503. The van der Waals surface area contributed by atoms with E-state index in [1.807, 2.05) is 39.0 Å². The van der Waals surface area contributed by atoms with Crippen LogP contribution in [0.4, 0.5) is 4.79 Å². The number of aromatic nitrogens is 2. The van der Waals surface area contributed by atoms with Crippen molar-refractivity contribution in [3.63, 3.8) is 0 Å². The Kier molecular flexibility index (Phi) is 3.11. The van der Waals surface area contributed by atoms with Crippen LogP contribution in [0.5, 0.6) is 0 Å². The number of hydrogen-bond donors (Lipinski definition) is 0. The Labute approximate surface area is 113 Å². The third-order valence-corrected chi connectivity index (χ3v) is 2.77. The predicted molar refractivity (Wildman–Crippen MR) is 74.1 cm³/mol. The maximum atomic E-state index is 11.9. The molecule has 1 aromatic carbocycles. The molecule has 0 unspecified atom stereocenters. The highest BCUT2D eigenvalue weighted by Gasteiger charge is 2.19. The van der Waals surface area contributed by atoms with Crippen molar-refractivity contribution in [2.75, 3.05) is 0 Å². The summed E-state index contributed by atoms with van der Waals surface area (Å²) in [4.78, 5) is 16.1. The Bertz CT molecular complexity index is 569. The van der Waals surface area contributed by atoms with Crippen LogP contribution in [0.1, 0.15) is 20.8 Å². The summed E-state index contributed by atoms with van der Waals surface area (Å²) in [5.74, 6) is 0. The zero-order chi connectivity index (χ0) is 12.6. The Hall–Kier alpha value is -1.11. The van der Waals surface area contributed by atoms with Gasteiger partial charge in [0.15, 0.2) is 0 Å². The lowest BCUT2D eigenvalue weighted by Gasteiger charge is -2.19. The number of carbonyl (C=O) groups is 1. The summed E-state index contributed by atoms with van der Waals surface area (Å²) in [6.07, 6.45) is 1.09. The van der Waals surface area contributed by atoms with Crippen LogP contribution < -0.4 is 0 Å². The first-order chi connectivity index (χ1) is 7.87. The zero-order valence-corrected chi connectivity index (χ0v) is 12.1. The van der Waals surface area contributed by atoms with Gasteiger partial charge in [-0.25, -0.2) is 14.3 Å². The Balaban J connectivity index is 2.40. The molecule has 0 aliphatic heterocycles. The number of nitrogens with zero attached hydrogens (tertiary/aromatic N) is 2. The fourth-order valence-corrected chi connectivity index (χ4v) is 1.92. The van der Waals surface area contributed by atoms with Crippen LogP contribution in [0.2, 0.25) is 0 Å². The van der Waals surface area contributed by atoms with E-state index in [0.717, 1.165) is 14.6 Å². The highest BCUT2D eigenvalue weighted by molar-refractivity contribution is 14.1. The lowest BCUT2D eigenvalue weighted by molar-refractivity contribution is 0.0543. The second-order valence-electron chi connectivity index (χ2n) is 4.73. The molecule has 0 bridgehead atoms. The molecule has 0 saturated heterocycles. The van der Waals surface area contributed by atoms with Gasteiger partial charge in [0.05, 0.1) is 11.0 Å². The summed E-state index contributed by atoms with van der Waals surface area (Å²) in [5, 5.41) is 0. The maximum absolute atomic E-state index is 11.9. The third-order valence-electron chi connectivity index (χ3n) is 2.10. The molecule has 0 fully saturated rings. The standard InChI is InChI=1S/C12H13IN2O2/c1-12(2,3)17-11(16)15-7-14-9-6-8(13)4-5-10(9)15/h4-7H,1-3H3. The van der Waals surface area contributed by atoms with Gasteiger partial charge in [0.25, 0.3) is 0 Å². The number of carbonyl (C=O) groups excluding carboxylic acids is 1. The number of imidazole rings is 1. The van der Waals surface area contributed by atoms with Gasteiger partial charge in [0.1, 0.15) is 11.9 Å². The topological polar surface area (TPSA) is 44.1 Å². The van der Waals surface area contributed by atoms with Gasteiger partial charge in [0.2, 0.25) is 0 Å². The van der Waals surface area contributed by atoms with E-state index >= 15 is 0 Å². The molecule has 0 aliphatic carbocycles. The van der Waals surface area contributed by atoms with Crippen molar-refractivity contribution in [1.29, 1.82) is 0 Å². The van der Waals surface area contributed by atoms with Crippen LogP contribution in [-0.4, -0.2) is 21.2 Å². The lowest BCUT2D eigenvalue weighted by Crippen LogP contribution is -2.26. The van der Waals surface area contributed by atoms with E-state index in [0.29, 0.717) is 0 Å². The van der Waals surface area contributed by atoms with Crippen LogP contribution in [-0.2, 0) is 4.74 Å². The van der Waals surface area contributed by atoms with Crippen molar-refractivity contribution in [3.8, 4) is 0 Å². The second kappa shape index (κ2) is 4.29. The second-order valence-corrected chi connectivity index (χ2v) is 5.97. The summed E-state index contributed by atoms with van der Waals surface area (Å²) in [7, 11) is 0. The van der Waals surface area contributed by atoms with Gasteiger partial charge in [-0.1, -0.05) is 0 Å². The average molecular weight is 344 g/mol. The van der Waals surface area contributed by atoms with E-state index in [9.17, 15) is 4.79 Å². The smallest absolute Gasteiger partial charge is 0.420 e. The first-order valence-electron chi connectivity index (χ1n) is 5.23. The van der Waals surface area contributed by atoms with Crippen molar-refractivity contribution >= 4 is 39.7 Å². The van der Waals surface area contributed by atoms with Crippen LogP contribution >= 0.6 is 22.6 Å². The summed E-state index contributed by atoms with van der Waals surface area (Å²) >= 11 is 2.21. The van der Waals surface area contributed by atoms with Crippen LogP contribution in [0, 0.1) is 3.57 Å². The SMILES string of the molecule is CC(C)(C)OC(=O)n1cnc2cc(I)ccc21. The van der Waals surface area contributed by atoms with Crippen LogP contribution in [0.3, 0.4) is 0 Å². The quantitative estimate of drug-likeness (QED) is 0.688. The number of benzene rings is 1. The van der Waals surface area contributed by atoms with Gasteiger partial charge in [-0.3, -0.25) is 0 Å². The highest BCUT2D eigenvalue weighted by atomic mass is 127. The fourth-order valence-electron chi connectivity index (χ4n) is 1.44. The first-order valence-corrected chi connectivity index (χ1v) is 6.31. The van der Waals surface area contributed by atoms with Crippen molar-refractivity contribution in [1.82, 2.24) is 9.55 Å². The van der Waals surface area contributed by atoms with E-state index in [1.165, 1.54) is 10.9 Å². The molecule has 5 heteroatoms. The summed E-state index contributed by atoms with van der Waals surface area (Å²) in [5.41, 5.74) is 1.05. The predicted octanol–water partition coefficient (Wildman–Crippen LogP) is 3.42. The molecule has 90 valence electrons. The molecule has 0 saturated carbocycles. The largest absolute Gasteiger partial charge is 0.443 e. The van der Waals surface area contributed by atoms with Gasteiger partial charge < -0.3 is 4.74 Å². The average Bonchev–Trinajstić information content (AvgIpc) is 2.57. The molecule has 0 N–H and O–H groups in total. The number of halogens is 1. The maximum Gasteiger partial charge on any atom is 0.420 e. The molecule has 0 spiro atoms. The lowest BCUT2D eigenvalue weighted by atomic mass is 10.2. The van der Waals surface area contributed by atoms with Crippen LogP contribution in [0.25, 0.3) is 11.0 Å². The van der Waals surface area contributed by atoms with E-state index in [4.69, 9.17) is 4.74 Å². The third kappa shape index (κ3) is 2.77. The van der Waals surface area contributed by atoms with Gasteiger partial charge in [-0.15, -0.1) is 0 Å². The zero-order valence-electron chi connectivity index (χ0n) is 9.90. The van der Waals surface area contributed by atoms with E-state index < -0.39 is 11.7 Å². The first kappa shape index (κ1) is 12.3. The van der Waals surface area contributed by atoms with Crippen molar-refractivity contribution in [2.24, 2.45) is 0 Å². The normalized spacial score (nSPS) is 11.8. The summed E-state index contributed by atoms with van der Waals surface area (Å²) < 4.78 is 7.82. The monoisotopic (exact) mass is 344 g/mol.